The number of amides is 1. The first-order valence-corrected chi connectivity index (χ1v) is 5.03. The van der Waals surface area contributed by atoms with Gasteiger partial charge in [-0.3, -0.25) is 9.78 Å². The second kappa shape index (κ2) is 6.14. The van der Waals surface area contributed by atoms with Gasteiger partial charge in [-0.25, -0.2) is 0 Å². The number of ether oxygens (including phenoxy) is 1. The number of nitrogens with zero attached hydrogens (tertiary/aromatic N) is 1. The Morgan fingerprint density at radius 1 is 1.60 bits per heavy atom. The van der Waals surface area contributed by atoms with Crippen LogP contribution < -0.4 is 5.32 Å². The Balaban J connectivity index is 2.34. The van der Waals surface area contributed by atoms with Crippen LogP contribution in [0.3, 0.4) is 0 Å². The molecule has 1 aromatic heterocycles. The van der Waals surface area contributed by atoms with Crippen molar-refractivity contribution < 1.29 is 9.53 Å². The van der Waals surface area contributed by atoms with Crippen LogP contribution >= 0.6 is 0 Å². The van der Waals surface area contributed by atoms with Gasteiger partial charge >= 0.3 is 0 Å². The van der Waals surface area contributed by atoms with Gasteiger partial charge in [0.25, 0.3) is 0 Å². The fraction of sp³-hybridized carbons (Fsp3) is 0.455. The van der Waals surface area contributed by atoms with Crippen molar-refractivity contribution in [2.24, 2.45) is 0 Å². The Hall–Kier alpha value is -1.42. The molecule has 0 unspecified atom stereocenters. The van der Waals surface area contributed by atoms with Gasteiger partial charge in [0.1, 0.15) is 6.10 Å². The molecule has 0 bridgehead atoms. The third-order valence-corrected chi connectivity index (χ3v) is 1.96. The zero-order valence-corrected chi connectivity index (χ0v) is 9.06. The quantitative estimate of drug-likeness (QED) is 0.789. The standard InChI is InChI=1S/C11H16N2O2/c1-3-15-9(2)11(14)13-8-10-6-4-5-7-12-10/h4-7,9H,3,8H2,1-2H3,(H,13,14)/t9-/m1/s1. The molecule has 1 rings (SSSR count). The molecule has 0 radical (unpaired) electrons. The molecule has 4 heteroatoms. The lowest BCUT2D eigenvalue weighted by Crippen LogP contribution is -2.34. The van der Waals surface area contributed by atoms with Gasteiger partial charge in [-0.15, -0.1) is 0 Å². The topological polar surface area (TPSA) is 51.2 Å². The Kier molecular flexibility index (Phi) is 4.77. The van der Waals surface area contributed by atoms with Crippen molar-refractivity contribution in [3.63, 3.8) is 0 Å². The molecule has 1 atom stereocenters. The molecule has 0 saturated carbocycles. The predicted octanol–water partition coefficient (Wildman–Crippen LogP) is 1.12. The van der Waals surface area contributed by atoms with Crippen molar-refractivity contribution in [2.75, 3.05) is 6.61 Å². The lowest BCUT2D eigenvalue weighted by Gasteiger charge is -2.11. The molecule has 1 amide bonds. The summed E-state index contributed by atoms with van der Waals surface area (Å²) in [6.45, 7) is 4.58. The largest absolute Gasteiger partial charge is 0.369 e. The first kappa shape index (κ1) is 11.7. The number of hydrogen-bond acceptors (Lipinski definition) is 3. The van der Waals surface area contributed by atoms with E-state index < -0.39 is 6.10 Å². The van der Waals surface area contributed by atoms with Gasteiger partial charge in [0.15, 0.2) is 0 Å². The van der Waals surface area contributed by atoms with E-state index in [2.05, 4.69) is 10.3 Å². The second-order valence-corrected chi connectivity index (χ2v) is 3.14. The first-order chi connectivity index (χ1) is 7.24. The lowest BCUT2D eigenvalue weighted by atomic mass is 10.3. The highest BCUT2D eigenvalue weighted by Crippen LogP contribution is 1.94. The smallest absolute Gasteiger partial charge is 0.249 e. The Morgan fingerprint density at radius 2 is 2.40 bits per heavy atom. The second-order valence-electron chi connectivity index (χ2n) is 3.14. The molecule has 0 aliphatic carbocycles. The number of nitrogens with one attached hydrogen (secondary N) is 1. The number of pyridine rings is 1. The highest BCUT2D eigenvalue weighted by molar-refractivity contribution is 5.80. The summed E-state index contributed by atoms with van der Waals surface area (Å²) in [4.78, 5) is 15.5. The number of rotatable bonds is 5. The van der Waals surface area contributed by atoms with Crippen molar-refractivity contribution >= 4 is 5.91 Å². The van der Waals surface area contributed by atoms with Gasteiger partial charge in [0.2, 0.25) is 5.91 Å². The van der Waals surface area contributed by atoms with E-state index in [4.69, 9.17) is 4.74 Å². The molecule has 1 N–H and O–H groups in total. The van der Waals surface area contributed by atoms with Crippen molar-refractivity contribution in [3.05, 3.63) is 30.1 Å². The SMILES string of the molecule is CCO[C@H](C)C(=O)NCc1ccccn1. The number of carbonyl (C=O) groups is 1. The van der Waals surface area contributed by atoms with Crippen molar-refractivity contribution in [1.29, 1.82) is 0 Å². The summed E-state index contributed by atoms with van der Waals surface area (Å²) < 4.78 is 5.16. The van der Waals surface area contributed by atoms with E-state index in [-0.39, 0.29) is 5.91 Å². The van der Waals surface area contributed by atoms with Crippen LogP contribution in [0.1, 0.15) is 19.5 Å². The molecule has 82 valence electrons. The molecule has 0 aliphatic rings. The summed E-state index contributed by atoms with van der Waals surface area (Å²) >= 11 is 0. The van der Waals surface area contributed by atoms with Crippen LogP contribution in [0.15, 0.2) is 24.4 Å². The molecule has 1 heterocycles. The highest BCUT2D eigenvalue weighted by atomic mass is 16.5. The Morgan fingerprint density at radius 3 is 3.00 bits per heavy atom. The maximum absolute atomic E-state index is 11.4. The highest BCUT2D eigenvalue weighted by Gasteiger charge is 2.11. The van der Waals surface area contributed by atoms with E-state index in [1.54, 1.807) is 13.1 Å². The van der Waals surface area contributed by atoms with Crippen LogP contribution in [0.2, 0.25) is 0 Å². The molecule has 0 aromatic carbocycles. The first-order valence-electron chi connectivity index (χ1n) is 5.03. The van der Waals surface area contributed by atoms with Crippen LogP contribution in [0.25, 0.3) is 0 Å². The van der Waals surface area contributed by atoms with Crippen LogP contribution in [0.4, 0.5) is 0 Å². The van der Waals surface area contributed by atoms with Crippen LogP contribution in [0, 0.1) is 0 Å². The number of carbonyl (C=O) groups excluding carboxylic acids is 1. The minimum absolute atomic E-state index is 0.109. The van der Waals surface area contributed by atoms with E-state index in [1.807, 2.05) is 25.1 Å². The summed E-state index contributed by atoms with van der Waals surface area (Å²) in [6, 6.07) is 5.60. The fourth-order valence-corrected chi connectivity index (χ4v) is 1.15. The molecule has 0 fully saturated rings. The van der Waals surface area contributed by atoms with E-state index in [9.17, 15) is 4.79 Å². The van der Waals surface area contributed by atoms with Crippen molar-refractivity contribution in [1.82, 2.24) is 10.3 Å². The molecule has 0 saturated heterocycles. The fourth-order valence-electron chi connectivity index (χ4n) is 1.15. The van der Waals surface area contributed by atoms with Gasteiger partial charge in [-0.2, -0.15) is 0 Å². The predicted molar refractivity (Wildman–Crippen MR) is 57.2 cm³/mol. The monoisotopic (exact) mass is 208 g/mol. The van der Waals surface area contributed by atoms with Crippen LogP contribution in [0.5, 0.6) is 0 Å². The third kappa shape index (κ3) is 4.08. The van der Waals surface area contributed by atoms with Crippen molar-refractivity contribution in [3.8, 4) is 0 Å². The summed E-state index contributed by atoms with van der Waals surface area (Å²) in [7, 11) is 0. The summed E-state index contributed by atoms with van der Waals surface area (Å²) in [5.74, 6) is -0.109. The normalized spacial score (nSPS) is 12.1. The van der Waals surface area contributed by atoms with Crippen LogP contribution in [-0.2, 0) is 16.1 Å². The Bertz CT molecular complexity index is 301. The summed E-state index contributed by atoms with van der Waals surface area (Å²) in [5, 5.41) is 2.76. The summed E-state index contributed by atoms with van der Waals surface area (Å²) in [6.07, 6.45) is 1.30. The third-order valence-electron chi connectivity index (χ3n) is 1.96. The zero-order chi connectivity index (χ0) is 11.1. The number of hydrogen-bond donors (Lipinski definition) is 1. The minimum Gasteiger partial charge on any atom is -0.369 e. The molecule has 0 spiro atoms. The maximum atomic E-state index is 11.4. The molecular formula is C11H16N2O2. The van der Waals surface area contributed by atoms with Gasteiger partial charge in [0.05, 0.1) is 12.2 Å². The van der Waals surface area contributed by atoms with E-state index in [0.717, 1.165) is 5.69 Å². The van der Waals surface area contributed by atoms with Crippen LogP contribution in [-0.4, -0.2) is 23.6 Å². The molecule has 1 aromatic rings. The number of aromatic nitrogens is 1. The van der Waals surface area contributed by atoms with E-state index in [0.29, 0.717) is 13.2 Å². The summed E-state index contributed by atoms with van der Waals surface area (Å²) in [5.41, 5.74) is 0.842. The Labute approximate surface area is 89.7 Å². The van der Waals surface area contributed by atoms with Gasteiger partial charge < -0.3 is 10.1 Å². The molecular weight excluding hydrogens is 192 g/mol. The average Bonchev–Trinajstić information content (AvgIpc) is 2.27. The minimum atomic E-state index is -0.404. The van der Waals surface area contributed by atoms with Crippen molar-refractivity contribution in [2.45, 2.75) is 26.5 Å². The molecule has 15 heavy (non-hydrogen) atoms. The van der Waals surface area contributed by atoms with Gasteiger partial charge in [-0.05, 0) is 26.0 Å². The zero-order valence-electron chi connectivity index (χ0n) is 9.06. The van der Waals surface area contributed by atoms with E-state index >= 15 is 0 Å². The van der Waals surface area contributed by atoms with E-state index in [1.165, 1.54) is 0 Å². The molecule has 4 nitrogen and oxygen atoms in total. The maximum Gasteiger partial charge on any atom is 0.249 e. The lowest BCUT2D eigenvalue weighted by molar-refractivity contribution is -0.131. The van der Waals surface area contributed by atoms with Gasteiger partial charge in [-0.1, -0.05) is 6.07 Å². The molecule has 0 aliphatic heterocycles. The average molecular weight is 208 g/mol. The van der Waals surface area contributed by atoms with Gasteiger partial charge in [0, 0.05) is 12.8 Å².